The number of aromatic nitrogens is 1. The van der Waals surface area contributed by atoms with E-state index in [1.807, 2.05) is 18.2 Å². The number of nitrogens with two attached hydrogens (primary N) is 1. The predicted octanol–water partition coefficient (Wildman–Crippen LogP) is 1.35. The topological polar surface area (TPSA) is 82.3 Å². The van der Waals surface area contributed by atoms with Gasteiger partial charge in [-0.2, -0.15) is 0 Å². The number of anilines is 1. The van der Waals surface area contributed by atoms with Crippen LogP contribution in [0.1, 0.15) is 23.3 Å². The molecule has 0 bridgehead atoms. The first-order chi connectivity index (χ1) is 9.20. The van der Waals surface area contributed by atoms with Gasteiger partial charge in [-0.25, -0.2) is 0 Å². The number of nitrogens with zero attached hydrogens (tertiary/aromatic N) is 1. The summed E-state index contributed by atoms with van der Waals surface area (Å²) in [7, 11) is 0. The first-order valence-electron chi connectivity index (χ1n) is 6.49. The van der Waals surface area contributed by atoms with E-state index < -0.39 is 0 Å². The number of benzene rings is 1. The zero-order valence-electron chi connectivity index (χ0n) is 10.6. The fourth-order valence-electron chi connectivity index (χ4n) is 2.74. The molecule has 1 aliphatic rings. The van der Waals surface area contributed by atoms with Gasteiger partial charge in [-0.3, -0.25) is 4.79 Å². The second kappa shape index (κ2) is 4.59. The average Bonchev–Trinajstić information content (AvgIpc) is 3.04. The first-order valence-corrected chi connectivity index (χ1v) is 6.49. The van der Waals surface area contributed by atoms with E-state index in [0.29, 0.717) is 17.9 Å². The van der Waals surface area contributed by atoms with Crippen molar-refractivity contribution in [3.8, 4) is 0 Å². The van der Waals surface area contributed by atoms with Crippen LogP contribution in [0.2, 0.25) is 0 Å². The molecule has 0 spiro atoms. The number of hydrogen-bond donors (Lipinski definition) is 3. The number of para-hydroxylation sites is 1. The minimum absolute atomic E-state index is 0.0219. The van der Waals surface area contributed by atoms with E-state index in [9.17, 15) is 9.90 Å². The number of aromatic amines is 1. The number of aliphatic hydroxyl groups is 1. The van der Waals surface area contributed by atoms with Gasteiger partial charge >= 0.3 is 0 Å². The summed E-state index contributed by atoms with van der Waals surface area (Å²) < 4.78 is 0. The van der Waals surface area contributed by atoms with Crippen LogP contribution in [-0.2, 0) is 0 Å². The maximum absolute atomic E-state index is 12.4. The highest BCUT2D eigenvalue weighted by molar-refractivity contribution is 6.01. The smallest absolute Gasteiger partial charge is 0.270 e. The van der Waals surface area contributed by atoms with Crippen LogP contribution < -0.4 is 5.73 Å². The van der Waals surface area contributed by atoms with E-state index in [2.05, 4.69) is 4.98 Å². The second-order valence-electron chi connectivity index (χ2n) is 4.97. The third-order valence-corrected chi connectivity index (χ3v) is 3.77. The first kappa shape index (κ1) is 12.0. The molecule has 1 aromatic heterocycles. The van der Waals surface area contributed by atoms with Crippen LogP contribution in [-0.4, -0.2) is 40.1 Å². The lowest BCUT2D eigenvalue weighted by atomic mass is 10.2. The van der Waals surface area contributed by atoms with Gasteiger partial charge in [0.15, 0.2) is 0 Å². The maximum atomic E-state index is 12.4. The minimum atomic E-state index is -0.0628. The molecule has 2 heterocycles. The number of aliphatic hydroxyl groups excluding tert-OH is 1. The third-order valence-electron chi connectivity index (χ3n) is 3.77. The van der Waals surface area contributed by atoms with Gasteiger partial charge in [0, 0.05) is 11.9 Å². The van der Waals surface area contributed by atoms with Crippen LogP contribution in [0.4, 0.5) is 5.69 Å². The lowest BCUT2D eigenvalue weighted by Gasteiger charge is -2.22. The van der Waals surface area contributed by atoms with Crippen molar-refractivity contribution in [3.63, 3.8) is 0 Å². The summed E-state index contributed by atoms with van der Waals surface area (Å²) in [5.74, 6) is -0.0628. The van der Waals surface area contributed by atoms with Gasteiger partial charge in [-0.1, -0.05) is 12.1 Å². The van der Waals surface area contributed by atoms with Crippen LogP contribution in [0.3, 0.4) is 0 Å². The van der Waals surface area contributed by atoms with Gasteiger partial charge < -0.3 is 20.7 Å². The number of likely N-dealkylation sites (tertiary alicyclic amines) is 1. The minimum Gasteiger partial charge on any atom is -0.397 e. The van der Waals surface area contributed by atoms with Gasteiger partial charge in [0.25, 0.3) is 5.91 Å². The molecule has 5 heteroatoms. The molecular weight excluding hydrogens is 242 g/mol. The number of fused-ring (bicyclic) bond motifs is 1. The van der Waals surface area contributed by atoms with Crippen LogP contribution in [0.25, 0.3) is 10.9 Å². The molecule has 1 fully saturated rings. The van der Waals surface area contributed by atoms with Crippen molar-refractivity contribution in [2.45, 2.75) is 18.9 Å². The molecule has 1 amide bonds. The molecule has 100 valence electrons. The number of hydrogen-bond acceptors (Lipinski definition) is 3. The van der Waals surface area contributed by atoms with Gasteiger partial charge in [0.1, 0.15) is 5.69 Å². The van der Waals surface area contributed by atoms with Crippen LogP contribution in [0, 0.1) is 0 Å². The molecule has 19 heavy (non-hydrogen) atoms. The Morgan fingerprint density at radius 3 is 3.11 bits per heavy atom. The van der Waals surface area contributed by atoms with E-state index in [0.717, 1.165) is 23.7 Å². The van der Waals surface area contributed by atoms with E-state index in [1.54, 1.807) is 11.0 Å². The Labute approximate surface area is 111 Å². The molecule has 1 aromatic carbocycles. The van der Waals surface area contributed by atoms with Crippen LogP contribution >= 0.6 is 0 Å². The zero-order valence-corrected chi connectivity index (χ0v) is 10.6. The fraction of sp³-hybridized carbons (Fsp3) is 0.357. The third kappa shape index (κ3) is 1.96. The maximum Gasteiger partial charge on any atom is 0.270 e. The lowest BCUT2D eigenvalue weighted by Crippen LogP contribution is -2.37. The SMILES string of the molecule is Nc1cccc2cc(C(=O)N3CCC[C@H]3CO)[nH]c12. The molecule has 0 unspecified atom stereocenters. The van der Waals surface area contributed by atoms with E-state index in [4.69, 9.17) is 5.73 Å². The number of rotatable bonds is 2. The highest BCUT2D eigenvalue weighted by Crippen LogP contribution is 2.24. The molecule has 3 rings (SSSR count). The van der Waals surface area contributed by atoms with Crippen molar-refractivity contribution in [3.05, 3.63) is 30.0 Å². The molecule has 0 radical (unpaired) electrons. The molecule has 0 aliphatic carbocycles. The molecular formula is C14H17N3O2. The Kier molecular flexibility index (Phi) is 2.91. The molecule has 4 N–H and O–H groups in total. The quantitative estimate of drug-likeness (QED) is 0.712. The number of carbonyl (C=O) groups excluding carboxylic acids is 1. The Morgan fingerprint density at radius 1 is 1.53 bits per heavy atom. The van der Waals surface area contributed by atoms with Crippen molar-refractivity contribution < 1.29 is 9.90 Å². The average molecular weight is 259 g/mol. The van der Waals surface area contributed by atoms with E-state index >= 15 is 0 Å². The predicted molar refractivity (Wildman–Crippen MR) is 73.9 cm³/mol. The highest BCUT2D eigenvalue weighted by Gasteiger charge is 2.29. The monoisotopic (exact) mass is 259 g/mol. The summed E-state index contributed by atoms with van der Waals surface area (Å²) in [6.45, 7) is 0.725. The Balaban J connectivity index is 1.95. The zero-order chi connectivity index (χ0) is 13.4. The molecule has 0 saturated carbocycles. The summed E-state index contributed by atoms with van der Waals surface area (Å²) in [6.07, 6.45) is 1.81. The van der Waals surface area contributed by atoms with Gasteiger partial charge in [0.05, 0.1) is 23.9 Å². The normalized spacial score (nSPS) is 19.2. The summed E-state index contributed by atoms with van der Waals surface area (Å²) in [5, 5.41) is 10.2. The van der Waals surface area contributed by atoms with Crippen LogP contribution in [0.5, 0.6) is 0 Å². The van der Waals surface area contributed by atoms with Crippen molar-refractivity contribution in [1.82, 2.24) is 9.88 Å². The summed E-state index contributed by atoms with van der Waals surface area (Å²) in [5.41, 5.74) is 7.85. The van der Waals surface area contributed by atoms with Gasteiger partial charge in [-0.05, 0) is 25.0 Å². The molecule has 1 aliphatic heterocycles. The molecule has 5 nitrogen and oxygen atoms in total. The number of nitrogen functional groups attached to an aromatic ring is 1. The van der Waals surface area contributed by atoms with E-state index in [1.165, 1.54) is 0 Å². The highest BCUT2D eigenvalue weighted by atomic mass is 16.3. The number of amides is 1. The standard InChI is InChI=1S/C14H17N3O2/c15-11-5-1-3-9-7-12(16-13(9)11)14(19)17-6-2-4-10(17)8-18/h1,3,5,7,10,16,18H,2,4,6,8,15H2/t10-/m0/s1. The summed E-state index contributed by atoms with van der Waals surface area (Å²) >= 11 is 0. The van der Waals surface area contributed by atoms with Gasteiger partial charge in [0.2, 0.25) is 0 Å². The molecule has 1 saturated heterocycles. The lowest BCUT2D eigenvalue weighted by molar-refractivity contribution is 0.0673. The molecule has 2 aromatic rings. The van der Waals surface area contributed by atoms with Crippen molar-refractivity contribution >= 4 is 22.5 Å². The summed E-state index contributed by atoms with van der Waals surface area (Å²) in [4.78, 5) is 17.3. The van der Waals surface area contributed by atoms with Crippen molar-refractivity contribution in [2.24, 2.45) is 0 Å². The Hall–Kier alpha value is -2.01. The van der Waals surface area contributed by atoms with E-state index in [-0.39, 0.29) is 18.6 Å². The molecule has 1 atom stereocenters. The second-order valence-corrected chi connectivity index (χ2v) is 4.97. The van der Waals surface area contributed by atoms with Gasteiger partial charge in [-0.15, -0.1) is 0 Å². The number of carbonyl (C=O) groups is 1. The summed E-state index contributed by atoms with van der Waals surface area (Å²) in [6, 6.07) is 7.36. The van der Waals surface area contributed by atoms with Crippen LogP contribution in [0.15, 0.2) is 24.3 Å². The Bertz CT molecular complexity index is 620. The largest absolute Gasteiger partial charge is 0.397 e. The van der Waals surface area contributed by atoms with Crippen molar-refractivity contribution in [2.75, 3.05) is 18.9 Å². The fourth-order valence-corrected chi connectivity index (χ4v) is 2.74. The number of H-pyrrole nitrogens is 1. The number of nitrogens with one attached hydrogen (secondary N) is 1. The Morgan fingerprint density at radius 2 is 2.37 bits per heavy atom. The van der Waals surface area contributed by atoms with Crippen molar-refractivity contribution in [1.29, 1.82) is 0 Å².